The molecule has 0 spiro atoms. The first kappa shape index (κ1) is 18.9. The van der Waals surface area contributed by atoms with Crippen LogP contribution in [0.4, 0.5) is 0 Å². The van der Waals surface area contributed by atoms with Gasteiger partial charge >= 0.3 is 0 Å². The third kappa shape index (κ3) is 2.95. The van der Waals surface area contributed by atoms with E-state index in [1.807, 2.05) is 0 Å². The van der Waals surface area contributed by atoms with Crippen molar-refractivity contribution in [1.82, 2.24) is 0 Å². The van der Waals surface area contributed by atoms with Gasteiger partial charge in [-0.25, -0.2) is 0 Å². The van der Waals surface area contributed by atoms with E-state index < -0.39 is 0 Å². The van der Waals surface area contributed by atoms with Gasteiger partial charge in [0.15, 0.2) is 0 Å². The summed E-state index contributed by atoms with van der Waals surface area (Å²) in [5.41, 5.74) is 6.37. The van der Waals surface area contributed by atoms with Crippen LogP contribution in [0.1, 0.15) is 61.8 Å². The molecule has 3 aliphatic carbocycles. The quantitative estimate of drug-likeness (QED) is 0.519. The molecule has 0 nitrogen and oxygen atoms in total. The molecule has 150 valence electrons. The molecule has 2 aromatic rings. The second-order valence-corrected chi connectivity index (χ2v) is 10.1. The summed E-state index contributed by atoms with van der Waals surface area (Å²) >= 11 is 0. The van der Waals surface area contributed by atoms with Crippen LogP contribution in [0.2, 0.25) is 0 Å². The van der Waals surface area contributed by atoms with E-state index in [9.17, 15) is 0 Å². The second-order valence-electron chi connectivity index (χ2n) is 10.1. The number of fused-ring (bicyclic) bond motifs is 2. The van der Waals surface area contributed by atoms with Crippen LogP contribution in [-0.4, -0.2) is 0 Å². The number of allylic oxidation sites excluding steroid dienone is 4. The predicted octanol–water partition coefficient (Wildman–Crippen LogP) is 7.37. The average molecular weight is 383 g/mol. The van der Waals surface area contributed by atoms with E-state index in [-0.39, 0.29) is 0 Å². The standard InChI is InChI=1S/C29H34/c1-18(2)27-17-21-11-5-6-14-24(21)29(27)26-16-10-9-15-25(26)28-19(3)22-12-7-8-13-23(22)20(28)4/h5-16,18-20,22-23,27-29H,17H2,1-4H3. The van der Waals surface area contributed by atoms with Crippen LogP contribution in [0.15, 0.2) is 72.8 Å². The minimum atomic E-state index is 0.538. The summed E-state index contributed by atoms with van der Waals surface area (Å²) in [6.07, 6.45) is 10.7. The first-order chi connectivity index (χ1) is 14.1. The van der Waals surface area contributed by atoms with Crippen LogP contribution in [0.5, 0.6) is 0 Å². The predicted molar refractivity (Wildman–Crippen MR) is 123 cm³/mol. The minimum Gasteiger partial charge on any atom is -0.0805 e. The SMILES string of the molecule is CC(C)C1Cc2ccccc2C1c1ccccc1C1C(C)C2C=CC=CC2C1C. The van der Waals surface area contributed by atoms with Crippen LogP contribution in [0.25, 0.3) is 0 Å². The van der Waals surface area contributed by atoms with Gasteiger partial charge in [-0.05, 0) is 70.1 Å². The highest BCUT2D eigenvalue weighted by Gasteiger charge is 2.46. The van der Waals surface area contributed by atoms with E-state index in [1.165, 1.54) is 6.42 Å². The van der Waals surface area contributed by atoms with E-state index in [0.29, 0.717) is 47.3 Å². The summed E-state index contributed by atoms with van der Waals surface area (Å²) in [5, 5.41) is 0. The Morgan fingerprint density at radius 1 is 0.724 bits per heavy atom. The van der Waals surface area contributed by atoms with Crippen molar-refractivity contribution in [2.24, 2.45) is 35.5 Å². The Morgan fingerprint density at radius 2 is 1.28 bits per heavy atom. The van der Waals surface area contributed by atoms with Crippen molar-refractivity contribution < 1.29 is 0 Å². The lowest BCUT2D eigenvalue weighted by atomic mass is 9.73. The highest BCUT2D eigenvalue weighted by atomic mass is 14.5. The first-order valence-electron chi connectivity index (χ1n) is 11.6. The molecule has 2 aromatic carbocycles. The molecule has 6 atom stereocenters. The highest BCUT2D eigenvalue weighted by molar-refractivity contribution is 5.48. The van der Waals surface area contributed by atoms with Crippen molar-refractivity contribution in [2.45, 2.75) is 46.0 Å². The zero-order valence-corrected chi connectivity index (χ0v) is 18.3. The van der Waals surface area contributed by atoms with Gasteiger partial charge in [0.05, 0.1) is 0 Å². The molecule has 1 fully saturated rings. The van der Waals surface area contributed by atoms with Gasteiger partial charge in [0.2, 0.25) is 0 Å². The third-order valence-corrected chi connectivity index (χ3v) is 8.39. The van der Waals surface area contributed by atoms with Gasteiger partial charge in [-0.15, -0.1) is 0 Å². The molecule has 0 heteroatoms. The molecule has 0 radical (unpaired) electrons. The lowest BCUT2D eigenvalue weighted by molar-refractivity contribution is 0.362. The van der Waals surface area contributed by atoms with Gasteiger partial charge in [0, 0.05) is 5.92 Å². The van der Waals surface area contributed by atoms with Crippen molar-refractivity contribution in [1.29, 1.82) is 0 Å². The van der Waals surface area contributed by atoms with E-state index in [4.69, 9.17) is 0 Å². The van der Waals surface area contributed by atoms with Gasteiger partial charge in [-0.3, -0.25) is 0 Å². The van der Waals surface area contributed by atoms with Gasteiger partial charge < -0.3 is 0 Å². The number of hydrogen-bond acceptors (Lipinski definition) is 0. The summed E-state index contributed by atoms with van der Waals surface area (Å²) in [4.78, 5) is 0. The molecule has 0 heterocycles. The minimum absolute atomic E-state index is 0.538. The zero-order valence-electron chi connectivity index (χ0n) is 18.3. The summed E-state index contributed by atoms with van der Waals surface area (Å²) in [6, 6.07) is 18.7. The van der Waals surface area contributed by atoms with Gasteiger partial charge in [0.25, 0.3) is 0 Å². The second kappa shape index (κ2) is 7.31. The van der Waals surface area contributed by atoms with E-state index in [2.05, 4.69) is 101 Å². The van der Waals surface area contributed by atoms with Crippen molar-refractivity contribution in [2.75, 3.05) is 0 Å². The van der Waals surface area contributed by atoms with Crippen LogP contribution >= 0.6 is 0 Å². The normalized spacial score (nSPS) is 35.1. The fourth-order valence-corrected chi connectivity index (χ4v) is 6.96. The van der Waals surface area contributed by atoms with Gasteiger partial charge in [0.1, 0.15) is 0 Å². The van der Waals surface area contributed by atoms with E-state index in [1.54, 1.807) is 22.3 Å². The van der Waals surface area contributed by atoms with Gasteiger partial charge in [-0.1, -0.05) is 101 Å². The summed E-state index contributed by atoms with van der Waals surface area (Å²) in [7, 11) is 0. The average Bonchev–Trinajstić information content (AvgIpc) is 3.24. The van der Waals surface area contributed by atoms with E-state index in [0.717, 1.165) is 0 Å². The third-order valence-electron chi connectivity index (χ3n) is 8.39. The fourth-order valence-electron chi connectivity index (χ4n) is 6.96. The number of rotatable bonds is 3. The van der Waals surface area contributed by atoms with E-state index >= 15 is 0 Å². The topological polar surface area (TPSA) is 0 Å². The molecule has 0 aromatic heterocycles. The maximum Gasteiger partial charge on any atom is 0.0129 e. The Balaban J connectivity index is 1.62. The number of benzene rings is 2. The van der Waals surface area contributed by atoms with Crippen LogP contribution in [-0.2, 0) is 6.42 Å². The molecule has 0 aliphatic heterocycles. The Hall–Kier alpha value is -2.08. The summed E-state index contributed by atoms with van der Waals surface area (Å²) in [5.74, 6) is 5.30. The summed E-state index contributed by atoms with van der Waals surface area (Å²) in [6.45, 7) is 9.82. The molecule has 6 unspecified atom stereocenters. The molecule has 0 N–H and O–H groups in total. The summed E-state index contributed by atoms with van der Waals surface area (Å²) < 4.78 is 0. The van der Waals surface area contributed by atoms with Crippen molar-refractivity contribution in [3.05, 3.63) is 95.1 Å². The zero-order chi connectivity index (χ0) is 20.1. The van der Waals surface area contributed by atoms with Crippen LogP contribution < -0.4 is 0 Å². The molecular weight excluding hydrogens is 348 g/mol. The largest absolute Gasteiger partial charge is 0.0805 e. The molecule has 1 saturated carbocycles. The van der Waals surface area contributed by atoms with Crippen LogP contribution in [0.3, 0.4) is 0 Å². The highest BCUT2D eigenvalue weighted by Crippen LogP contribution is 2.56. The lowest BCUT2D eigenvalue weighted by Gasteiger charge is -2.31. The fraction of sp³-hybridized carbons (Fsp3) is 0.448. The molecule has 0 amide bonds. The van der Waals surface area contributed by atoms with Crippen LogP contribution in [0, 0.1) is 35.5 Å². The van der Waals surface area contributed by atoms with Crippen molar-refractivity contribution in [3.8, 4) is 0 Å². The maximum atomic E-state index is 2.49. The molecule has 0 saturated heterocycles. The molecular formula is C29H34. The molecule has 0 bridgehead atoms. The lowest BCUT2D eigenvalue weighted by Crippen LogP contribution is -2.20. The van der Waals surface area contributed by atoms with Gasteiger partial charge in [-0.2, -0.15) is 0 Å². The smallest absolute Gasteiger partial charge is 0.0129 e. The Bertz CT molecular complexity index is 922. The maximum absolute atomic E-state index is 2.49. The Kier molecular flexibility index (Phi) is 4.77. The molecule has 5 rings (SSSR count). The monoisotopic (exact) mass is 382 g/mol. The van der Waals surface area contributed by atoms with Crippen molar-refractivity contribution in [3.63, 3.8) is 0 Å². The molecule has 29 heavy (non-hydrogen) atoms. The van der Waals surface area contributed by atoms with Crippen molar-refractivity contribution >= 4 is 0 Å². The number of hydrogen-bond donors (Lipinski definition) is 0. The molecule has 3 aliphatic rings. The first-order valence-corrected chi connectivity index (χ1v) is 11.6. The Morgan fingerprint density at radius 3 is 1.90 bits per heavy atom. The Labute approximate surface area is 176 Å².